The molecule has 27 heavy (non-hydrogen) atoms. The Morgan fingerprint density at radius 3 is 2.26 bits per heavy atom. The minimum absolute atomic E-state index is 0.225. The molecule has 9 heteroatoms. The number of nitrogens with zero attached hydrogens (tertiary/aromatic N) is 1. The third-order valence-corrected chi connectivity index (χ3v) is 6.61. The highest BCUT2D eigenvalue weighted by molar-refractivity contribution is 7.86. The normalized spacial score (nSPS) is 15.7. The molecule has 0 saturated heterocycles. The maximum atomic E-state index is 14.2. The minimum Gasteiger partial charge on any atom is -0.253 e. The highest BCUT2D eigenvalue weighted by atomic mass is 32.2. The molecule has 4 nitrogen and oxygen atoms in total. The van der Waals surface area contributed by atoms with Crippen LogP contribution in [0.1, 0.15) is 17.7 Å². The highest BCUT2D eigenvalue weighted by Gasteiger charge is 2.59. The molecule has 0 N–H and O–H groups in total. The molecule has 0 aliphatic carbocycles. The maximum absolute atomic E-state index is 14.2. The second-order valence-corrected chi connectivity index (χ2v) is 15.2. The lowest BCUT2D eigenvalue weighted by Crippen LogP contribution is -2.47. The molecule has 0 saturated carbocycles. The summed E-state index contributed by atoms with van der Waals surface area (Å²) in [6, 6.07) is 7.68. The fourth-order valence-electron chi connectivity index (χ4n) is 2.87. The van der Waals surface area contributed by atoms with E-state index in [-0.39, 0.29) is 11.6 Å². The number of aromatic nitrogens is 1. The zero-order chi connectivity index (χ0) is 20.7. The van der Waals surface area contributed by atoms with Crippen LogP contribution in [0.5, 0.6) is 0 Å². The number of benzene rings is 1. The van der Waals surface area contributed by atoms with Crippen LogP contribution < -0.4 is 0 Å². The summed E-state index contributed by atoms with van der Waals surface area (Å²) in [5.74, 6) is 0. The van der Waals surface area contributed by atoms with Crippen LogP contribution in [-0.4, -0.2) is 33.9 Å². The summed E-state index contributed by atoms with van der Waals surface area (Å²) < 4.78 is 71.1. The van der Waals surface area contributed by atoms with Gasteiger partial charge in [-0.1, -0.05) is 37.8 Å². The molecule has 1 aromatic heterocycles. The van der Waals surface area contributed by atoms with Gasteiger partial charge >= 0.3 is 6.18 Å². The Hall–Kier alpha value is -1.45. The first kappa shape index (κ1) is 21.8. The summed E-state index contributed by atoms with van der Waals surface area (Å²) in [5.41, 5.74) is -1.86. The molecule has 1 heterocycles. The fourth-order valence-corrected chi connectivity index (χ4v) is 4.77. The Balaban J connectivity index is 2.70. The molecule has 2 aromatic rings. The topological polar surface area (TPSA) is 56.3 Å². The van der Waals surface area contributed by atoms with Gasteiger partial charge in [-0.05, 0) is 37.1 Å². The van der Waals surface area contributed by atoms with Gasteiger partial charge in [0.1, 0.15) is 0 Å². The summed E-state index contributed by atoms with van der Waals surface area (Å²) in [5, 5.41) is 0.497. The van der Waals surface area contributed by atoms with Crippen LogP contribution in [0.25, 0.3) is 10.9 Å². The van der Waals surface area contributed by atoms with Crippen LogP contribution in [-0.2, 0) is 19.9 Å². The first-order chi connectivity index (χ1) is 12.1. The van der Waals surface area contributed by atoms with E-state index in [1.54, 1.807) is 19.1 Å². The molecule has 150 valence electrons. The SMILES string of the molecule is Cc1ccc2cc(C(CC[Si](C)(C)C)(OS(C)(=O)=O)C(F)(F)F)ccc2n1. The van der Waals surface area contributed by atoms with E-state index in [1.807, 2.05) is 19.6 Å². The van der Waals surface area contributed by atoms with Gasteiger partial charge in [-0.3, -0.25) is 4.98 Å². The second-order valence-electron chi connectivity index (χ2n) is 8.03. The van der Waals surface area contributed by atoms with Crippen molar-refractivity contribution >= 4 is 29.1 Å². The van der Waals surface area contributed by atoms with Gasteiger partial charge in [-0.2, -0.15) is 21.6 Å². The van der Waals surface area contributed by atoms with Crippen molar-refractivity contribution in [3.8, 4) is 0 Å². The lowest BCUT2D eigenvalue weighted by atomic mass is 9.89. The van der Waals surface area contributed by atoms with Gasteiger partial charge in [0.25, 0.3) is 10.1 Å². The van der Waals surface area contributed by atoms with Crippen LogP contribution in [0.15, 0.2) is 30.3 Å². The van der Waals surface area contributed by atoms with Crippen molar-refractivity contribution < 1.29 is 25.8 Å². The number of aryl methyl sites for hydroxylation is 1. The third-order valence-electron chi connectivity index (χ3n) is 4.27. The summed E-state index contributed by atoms with van der Waals surface area (Å²) in [6.07, 6.45) is -4.71. The largest absolute Gasteiger partial charge is 0.423 e. The first-order valence-corrected chi connectivity index (χ1v) is 14.0. The van der Waals surface area contributed by atoms with E-state index >= 15 is 0 Å². The number of alkyl halides is 3. The Labute approximate surface area is 158 Å². The van der Waals surface area contributed by atoms with Crippen LogP contribution in [0.2, 0.25) is 25.7 Å². The standard InChI is InChI=1S/C18H24F3NO3SSi/c1-13-6-7-14-12-15(8-9-16(14)22-13)17(18(19,20)21,25-26(2,23)24)10-11-27(3,4)5/h6-9,12H,10-11H2,1-5H3. The van der Waals surface area contributed by atoms with Gasteiger partial charge in [-0.15, -0.1) is 0 Å². The van der Waals surface area contributed by atoms with E-state index in [4.69, 9.17) is 4.18 Å². The first-order valence-electron chi connectivity index (χ1n) is 8.48. The number of fused-ring (bicyclic) bond motifs is 1. The van der Waals surface area contributed by atoms with Crippen molar-refractivity contribution in [2.24, 2.45) is 0 Å². The molecule has 0 bridgehead atoms. The predicted molar refractivity (Wildman–Crippen MR) is 103 cm³/mol. The van der Waals surface area contributed by atoms with E-state index in [1.165, 1.54) is 18.2 Å². The summed E-state index contributed by atoms with van der Waals surface area (Å²) in [4.78, 5) is 4.29. The zero-order valence-electron chi connectivity index (χ0n) is 16.0. The molecule has 1 aromatic carbocycles. The third kappa shape index (κ3) is 5.29. The molecular formula is C18H24F3NO3SSi. The lowest BCUT2D eigenvalue weighted by Gasteiger charge is -2.36. The van der Waals surface area contributed by atoms with E-state index in [0.717, 1.165) is 5.69 Å². The molecular weight excluding hydrogens is 395 g/mol. The average Bonchev–Trinajstić information content (AvgIpc) is 2.47. The van der Waals surface area contributed by atoms with Crippen molar-refractivity contribution in [3.05, 3.63) is 41.6 Å². The predicted octanol–water partition coefficient (Wildman–Crippen LogP) is 5.01. The van der Waals surface area contributed by atoms with Crippen LogP contribution in [0.4, 0.5) is 13.2 Å². The van der Waals surface area contributed by atoms with Crippen LogP contribution in [0, 0.1) is 6.92 Å². The van der Waals surface area contributed by atoms with Gasteiger partial charge < -0.3 is 0 Å². The molecule has 0 aliphatic rings. The fraction of sp³-hybridized carbons (Fsp3) is 0.500. The van der Waals surface area contributed by atoms with E-state index < -0.39 is 36.4 Å². The van der Waals surface area contributed by atoms with Gasteiger partial charge in [0.15, 0.2) is 0 Å². The van der Waals surface area contributed by atoms with E-state index in [0.29, 0.717) is 17.2 Å². The van der Waals surface area contributed by atoms with Crippen molar-refractivity contribution in [1.29, 1.82) is 0 Å². The Morgan fingerprint density at radius 1 is 1.11 bits per heavy atom. The quantitative estimate of drug-likeness (QED) is 0.488. The Bertz CT molecular complexity index is 939. The highest BCUT2D eigenvalue weighted by Crippen LogP contribution is 2.48. The molecule has 0 spiro atoms. The van der Waals surface area contributed by atoms with Crippen LogP contribution in [0.3, 0.4) is 0 Å². The molecule has 0 fully saturated rings. The zero-order valence-corrected chi connectivity index (χ0v) is 17.8. The number of pyridine rings is 1. The van der Waals surface area contributed by atoms with E-state index in [2.05, 4.69) is 4.98 Å². The number of hydrogen-bond donors (Lipinski definition) is 0. The average molecular weight is 420 g/mol. The van der Waals surface area contributed by atoms with Gasteiger partial charge in [0, 0.05) is 19.2 Å². The molecule has 0 radical (unpaired) electrons. The van der Waals surface area contributed by atoms with E-state index in [9.17, 15) is 21.6 Å². The second kappa shape index (κ2) is 7.18. The summed E-state index contributed by atoms with van der Waals surface area (Å²) >= 11 is 0. The van der Waals surface area contributed by atoms with Gasteiger partial charge in [0.2, 0.25) is 5.60 Å². The van der Waals surface area contributed by atoms with Crippen molar-refractivity contribution in [1.82, 2.24) is 4.98 Å². The maximum Gasteiger partial charge on any atom is 0.423 e. The number of halogens is 3. The molecule has 1 unspecified atom stereocenters. The Kier molecular flexibility index (Phi) is 5.81. The lowest BCUT2D eigenvalue weighted by molar-refractivity contribution is -0.254. The molecule has 1 atom stereocenters. The smallest absolute Gasteiger partial charge is 0.253 e. The van der Waals surface area contributed by atoms with Crippen molar-refractivity contribution in [2.45, 2.75) is 50.8 Å². The van der Waals surface area contributed by atoms with Gasteiger partial charge in [0.05, 0.1) is 11.8 Å². The monoisotopic (exact) mass is 419 g/mol. The van der Waals surface area contributed by atoms with Crippen LogP contribution >= 0.6 is 0 Å². The molecule has 0 amide bonds. The summed E-state index contributed by atoms with van der Waals surface area (Å²) in [7, 11) is -6.26. The number of rotatable bonds is 6. The number of hydrogen-bond acceptors (Lipinski definition) is 4. The Morgan fingerprint density at radius 2 is 1.74 bits per heavy atom. The molecule has 0 aliphatic heterocycles. The van der Waals surface area contributed by atoms with Crippen molar-refractivity contribution in [3.63, 3.8) is 0 Å². The van der Waals surface area contributed by atoms with Crippen molar-refractivity contribution in [2.75, 3.05) is 6.26 Å². The van der Waals surface area contributed by atoms with Gasteiger partial charge in [-0.25, -0.2) is 4.18 Å². The minimum atomic E-state index is -4.90. The molecule has 2 rings (SSSR count). The summed E-state index contributed by atoms with van der Waals surface area (Å²) in [6.45, 7) is 7.58.